The zero-order chi connectivity index (χ0) is 11.4. The predicted octanol–water partition coefficient (Wildman–Crippen LogP) is 0.481. The summed E-state index contributed by atoms with van der Waals surface area (Å²) >= 11 is 0. The molecule has 0 amide bonds. The van der Waals surface area contributed by atoms with E-state index in [9.17, 15) is 4.79 Å². The standard InChI is InChI=1S/C9H16N4O2/c1-3-6(2)5-13-7(4-10)8(9(14)15)11-12-13/h6H,3-5,10H2,1-2H3,(H,14,15). The molecule has 0 saturated heterocycles. The number of aromatic nitrogens is 3. The SMILES string of the molecule is CCC(C)Cn1nnc(C(=O)O)c1CN. The van der Waals surface area contributed by atoms with Gasteiger partial charge >= 0.3 is 5.97 Å². The summed E-state index contributed by atoms with van der Waals surface area (Å²) in [7, 11) is 0. The van der Waals surface area contributed by atoms with Crippen LogP contribution in [-0.2, 0) is 13.1 Å². The van der Waals surface area contributed by atoms with Gasteiger partial charge in [-0.3, -0.25) is 0 Å². The molecule has 0 aliphatic carbocycles. The highest BCUT2D eigenvalue weighted by molar-refractivity contribution is 5.86. The molecule has 84 valence electrons. The Balaban J connectivity index is 2.94. The summed E-state index contributed by atoms with van der Waals surface area (Å²) in [6, 6.07) is 0. The number of rotatable bonds is 5. The van der Waals surface area contributed by atoms with Crippen LogP contribution in [0.4, 0.5) is 0 Å². The van der Waals surface area contributed by atoms with Gasteiger partial charge in [0.1, 0.15) is 0 Å². The van der Waals surface area contributed by atoms with Crippen molar-refractivity contribution in [2.45, 2.75) is 33.4 Å². The summed E-state index contributed by atoms with van der Waals surface area (Å²) in [5.41, 5.74) is 5.93. The average Bonchev–Trinajstić information content (AvgIpc) is 2.60. The maximum atomic E-state index is 10.8. The number of carboxylic acid groups (broad SMARTS) is 1. The molecule has 0 spiro atoms. The molecule has 3 N–H and O–H groups in total. The van der Waals surface area contributed by atoms with E-state index in [4.69, 9.17) is 10.8 Å². The van der Waals surface area contributed by atoms with Crippen molar-refractivity contribution in [3.05, 3.63) is 11.4 Å². The molecule has 1 rings (SSSR count). The van der Waals surface area contributed by atoms with Gasteiger partial charge in [-0.15, -0.1) is 5.10 Å². The molecule has 0 fully saturated rings. The Morgan fingerprint density at radius 1 is 1.67 bits per heavy atom. The summed E-state index contributed by atoms with van der Waals surface area (Å²) in [6.07, 6.45) is 1.01. The quantitative estimate of drug-likeness (QED) is 0.740. The van der Waals surface area contributed by atoms with Crippen molar-refractivity contribution in [2.75, 3.05) is 0 Å². The van der Waals surface area contributed by atoms with Gasteiger partial charge in [0.15, 0.2) is 5.69 Å². The third-order valence-corrected chi connectivity index (χ3v) is 2.42. The van der Waals surface area contributed by atoms with Crippen LogP contribution in [0.3, 0.4) is 0 Å². The first-order valence-electron chi connectivity index (χ1n) is 4.95. The van der Waals surface area contributed by atoms with E-state index in [1.165, 1.54) is 0 Å². The molecule has 1 unspecified atom stereocenters. The fourth-order valence-corrected chi connectivity index (χ4v) is 1.27. The van der Waals surface area contributed by atoms with Crippen molar-refractivity contribution in [3.8, 4) is 0 Å². The lowest BCUT2D eigenvalue weighted by atomic mass is 10.1. The number of hydrogen-bond acceptors (Lipinski definition) is 4. The van der Waals surface area contributed by atoms with Crippen LogP contribution in [0.15, 0.2) is 0 Å². The van der Waals surface area contributed by atoms with E-state index in [0.717, 1.165) is 6.42 Å². The number of aromatic carboxylic acids is 1. The Kier molecular flexibility index (Phi) is 3.79. The van der Waals surface area contributed by atoms with E-state index >= 15 is 0 Å². The highest BCUT2D eigenvalue weighted by atomic mass is 16.4. The number of carbonyl (C=O) groups is 1. The first-order chi connectivity index (χ1) is 7.10. The van der Waals surface area contributed by atoms with E-state index < -0.39 is 5.97 Å². The third-order valence-electron chi connectivity index (χ3n) is 2.42. The topological polar surface area (TPSA) is 94.0 Å². The zero-order valence-corrected chi connectivity index (χ0v) is 8.97. The molecule has 0 aromatic carbocycles. The van der Waals surface area contributed by atoms with Gasteiger partial charge in [-0.25, -0.2) is 9.48 Å². The van der Waals surface area contributed by atoms with Crippen LogP contribution in [0.5, 0.6) is 0 Å². The molecule has 1 aromatic heterocycles. The molecular weight excluding hydrogens is 196 g/mol. The van der Waals surface area contributed by atoms with Gasteiger partial charge in [0.25, 0.3) is 0 Å². The Bertz CT molecular complexity index is 348. The fraction of sp³-hybridized carbons (Fsp3) is 0.667. The van der Waals surface area contributed by atoms with Crippen LogP contribution in [0.1, 0.15) is 36.5 Å². The van der Waals surface area contributed by atoms with E-state index in [1.807, 2.05) is 0 Å². The average molecular weight is 212 g/mol. The predicted molar refractivity (Wildman–Crippen MR) is 54.3 cm³/mol. The minimum atomic E-state index is -1.08. The van der Waals surface area contributed by atoms with E-state index in [0.29, 0.717) is 18.2 Å². The first kappa shape index (κ1) is 11.6. The second-order valence-electron chi connectivity index (χ2n) is 3.59. The van der Waals surface area contributed by atoms with Crippen LogP contribution in [0.25, 0.3) is 0 Å². The Morgan fingerprint density at radius 2 is 2.33 bits per heavy atom. The maximum absolute atomic E-state index is 10.8. The molecule has 0 saturated carbocycles. The van der Waals surface area contributed by atoms with Gasteiger partial charge in [0, 0.05) is 13.1 Å². The summed E-state index contributed by atoms with van der Waals surface area (Å²) in [4.78, 5) is 10.8. The molecule has 0 radical (unpaired) electrons. The second kappa shape index (κ2) is 4.88. The lowest BCUT2D eigenvalue weighted by Gasteiger charge is -2.09. The third kappa shape index (κ3) is 2.53. The molecule has 6 nitrogen and oxygen atoms in total. The minimum absolute atomic E-state index is 0.0409. The summed E-state index contributed by atoms with van der Waals surface area (Å²) in [5.74, 6) is -0.649. The molecule has 0 aliphatic heterocycles. The van der Waals surface area contributed by atoms with Crippen LogP contribution in [-0.4, -0.2) is 26.1 Å². The molecule has 0 bridgehead atoms. The summed E-state index contributed by atoms with van der Waals surface area (Å²) in [5, 5.41) is 16.2. The molecule has 1 atom stereocenters. The van der Waals surface area contributed by atoms with E-state index in [2.05, 4.69) is 24.2 Å². The second-order valence-corrected chi connectivity index (χ2v) is 3.59. The number of carboxylic acids is 1. The highest BCUT2D eigenvalue weighted by Gasteiger charge is 2.18. The van der Waals surface area contributed by atoms with Gasteiger partial charge in [0.2, 0.25) is 0 Å². The summed E-state index contributed by atoms with van der Waals surface area (Å²) < 4.78 is 1.58. The van der Waals surface area contributed by atoms with Crippen LogP contribution in [0, 0.1) is 5.92 Å². The van der Waals surface area contributed by atoms with Gasteiger partial charge in [-0.05, 0) is 5.92 Å². The van der Waals surface area contributed by atoms with E-state index in [1.54, 1.807) is 4.68 Å². The number of nitrogens with zero attached hydrogens (tertiary/aromatic N) is 3. The van der Waals surface area contributed by atoms with Crippen LogP contribution in [0.2, 0.25) is 0 Å². The normalized spacial score (nSPS) is 12.7. The largest absolute Gasteiger partial charge is 0.476 e. The Labute approximate surface area is 88.1 Å². The lowest BCUT2D eigenvalue weighted by Crippen LogP contribution is -2.15. The molecular formula is C9H16N4O2. The molecule has 6 heteroatoms. The lowest BCUT2D eigenvalue weighted by molar-refractivity contribution is 0.0689. The number of hydrogen-bond donors (Lipinski definition) is 2. The van der Waals surface area contributed by atoms with Crippen LogP contribution >= 0.6 is 0 Å². The Morgan fingerprint density at radius 3 is 2.80 bits per heavy atom. The zero-order valence-electron chi connectivity index (χ0n) is 8.97. The Hall–Kier alpha value is -1.43. The van der Waals surface area contributed by atoms with Crippen molar-refractivity contribution in [2.24, 2.45) is 11.7 Å². The monoisotopic (exact) mass is 212 g/mol. The van der Waals surface area contributed by atoms with Crippen LogP contribution < -0.4 is 5.73 Å². The van der Waals surface area contributed by atoms with Gasteiger partial charge in [-0.2, -0.15) is 0 Å². The molecule has 15 heavy (non-hydrogen) atoms. The summed E-state index contributed by atoms with van der Waals surface area (Å²) in [6.45, 7) is 4.94. The first-order valence-corrected chi connectivity index (χ1v) is 4.95. The van der Waals surface area contributed by atoms with Gasteiger partial charge in [0.05, 0.1) is 5.69 Å². The highest BCUT2D eigenvalue weighted by Crippen LogP contribution is 2.09. The van der Waals surface area contributed by atoms with Gasteiger partial charge in [-0.1, -0.05) is 25.5 Å². The smallest absolute Gasteiger partial charge is 0.358 e. The van der Waals surface area contributed by atoms with Crippen molar-refractivity contribution >= 4 is 5.97 Å². The van der Waals surface area contributed by atoms with Crippen molar-refractivity contribution in [1.29, 1.82) is 0 Å². The van der Waals surface area contributed by atoms with Crippen molar-refractivity contribution in [1.82, 2.24) is 15.0 Å². The fourth-order valence-electron chi connectivity index (χ4n) is 1.27. The maximum Gasteiger partial charge on any atom is 0.358 e. The molecule has 0 aliphatic rings. The number of nitrogens with two attached hydrogens (primary N) is 1. The molecule has 1 aromatic rings. The van der Waals surface area contributed by atoms with E-state index in [-0.39, 0.29) is 12.2 Å². The minimum Gasteiger partial charge on any atom is -0.476 e. The van der Waals surface area contributed by atoms with Crippen molar-refractivity contribution < 1.29 is 9.90 Å². The molecule has 1 heterocycles. The van der Waals surface area contributed by atoms with Crippen molar-refractivity contribution in [3.63, 3.8) is 0 Å². The van der Waals surface area contributed by atoms with Gasteiger partial charge < -0.3 is 10.8 Å².